The van der Waals surface area contributed by atoms with Crippen LogP contribution in [0.3, 0.4) is 0 Å². The van der Waals surface area contributed by atoms with E-state index in [-0.39, 0.29) is 0 Å². The summed E-state index contributed by atoms with van der Waals surface area (Å²) in [4.78, 5) is 0.402. The third-order valence-corrected chi connectivity index (χ3v) is 6.60. The maximum Gasteiger partial charge on any atom is 0.243 e. The summed E-state index contributed by atoms with van der Waals surface area (Å²) < 4.78 is 27.0. The molecule has 2 rings (SSSR count). The molecule has 0 aromatic heterocycles. The van der Waals surface area contributed by atoms with Crippen LogP contribution in [0.1, 0.15) is 32.3 Å². The molecule has 0 amide bonds. The van der Waals surface area contributed by atoms with E-state index in [0.717, 1.165) is 24.8 Å². The lowest BCUT2D eigenvalue weighted by Crippen LogP contribution is -2.42. The van der Waals surface area contributed by atoms with E-state index in [1.165, 1.54) is 0 Å². The fourth-order valence-corrected chi connectivity index (χ4v) is 4.38. The smallest absolute Gasteiger partial charge is 0.207 e. The number of nitrogens with zero attached hydrogens (tertiary/aromatic N) is 1. The van der Waals surface area contributed by atoms with Gasteiger partial charge in [0.1, 0.15) is 0 Å². The largest absolute Gasteiger partial charge is 0.243 e. The molecule has 2 unspecified atom stereocenters. The molecule has 0 saturated carbocycles. The van der Waals surface area contributed by atoms with Gasteiger partial charge in [-0.25, -0.2) is 8.42 Å². The monoisotopic (exact) mass is 329 g/mol. The SMILES string of the molecule is CC1CCN(S(=O)(=O)c2ccc(CCCCl)cc2)CC1C. The van der Waals surface area contributed by atoms with E-state index in [2.05, 4.69) is 13.8 Å². The van der Waals surface area contributed by atoms with E-state index in [9.17, 15) is 8.42 Å². The molecule has 2 atom stereocenters. The van der Waals surface area contributed by atoms with Crippen LogP contribution >= 0.6 is 11.6 Å². The van der Waals surface area contributed by atoms with E-state index in [1.807, 2.05) is 12.1 Å². The van der Waals surface area contributed by atoms with Crippen LogP contribution in [0.2, 0.25) is 0 Å². The molecule has 1 saturated heterocycles. The number of benzene rings is 1. The summed E-state index contributed by atoms with van der Waals surface area (Å²) in [5.41, 5.74) is 1.13. The summed E-state index contributed by atoms with van der Waals surface area (Å²) in [7, 11) is -3.35. The average molecular weight is 330 g/mol. The van der Waals surface area contributed by atoms with Crippen molar-refractivity contribution in [3.05, 3.63) is 29.8 Å². The summed E-state index contributed by atoms with van der Waals surface area (Å²) in [5, 5.41) is 0. The van der Waals surface area contributed by atoms with Crippen molar-refractivity contribution >= 4 is 21.6 Å². The lowest BCUT2D eigenvalue weighted by atomic mass is 9.90. The highest BCUT2D eigenvalue weighted by Crippen LogP contribution is 2.27. The van der Waals surface area contributed by atoms with Crippen molar-refractivity contribution < 1.29 is 8.42 Å². The lowest BCUT2D eigenvalue weighted by molar-refractivity contribution is 0.212. The minimum atomic E-state index is -3.35. The molecule has 1 fully saturated rings. The van der Waals surface area contributed by atoms with Crippen molar-refractivity contribution in [3.63, 3.8) is 0 Å². The Balaban J connectivity index is 2.12. The molecular weight excluding hydrogens is 306 g/mol. The number of hydrogen-bond acceptors (Lipinski definition) is 2. The quantitative estimate of drug-likeness (QED) is 0.775. The highest BCUT2D eigenvalue weighted by Gasteiger charge is 2.31. The number of hydrogen-bond donors (Lipinski definition) is 0. The molecule has 1 aromatic rings. The number of halogens is 1. The second-order valence-corrected chi connectivity index (χ2v) is 8.36. The molecule has 0 bridgehead atoms. The van der Waals surface area contributed by atoms with Gasteiger partial charge in [-0.05, 0) is 48.8 Å². The predicted octanol–water partition coefficient (Wildman–Crippen LogP) is 3.52. The Morgan fingerprint density at radius 3 is 2.43 bits per heavy atom. The van der Waals surface area contributed by atoms with Crippen molar-refractivity contribution in [2.45, 2.75) is 38.0 Å². The number of sulfonamides is 1. The molecular formula is C16H24ClNO2S. The summed E-state index contributed by atoms with van der Waals surface area (Å²) in [6.45, 7) is 5.57. The molecule has 1 aliphatic rings. The number of piperidine rings is 1. The van der Waals surface area contributed by atoms with Crippen molar-refractivity contribution in [2.75, 3.05) is 19.0 Å². The van der Waals surface area contributed by atoms with Crippen LogP contribution in [0, 0.1) is 11.8 Å². The fraction of sp³-hybridized carbons (Fsp3) is 0.625. The molecule has 0 aliphatic carbocycles. The average Bonchev–Trinajstić information content (AvgIpc) is 2.48. The van der Waals surface area contributed by atoms with Gasteiger partial charge >= 0.3 is 0 Å². The molecule has 1 aromatic carbocycles. The maximum absolute atomic E-state index is 12.7. The molecule has 21 heavy (non-hydrogen) atoms. The Bertz CT molecular complexity index is 556. The van der Waals surface area contributed by atoms with E-state index >= 15 is 0 Å². The molecule has 0 spiro atoms. The highest BCUT2D eigenvalue weighted by molar-refractivity contribution is 7.89. The van der Waals surface area contributed by atoms with Crippen molar-refractivity contribution in [1.82, 2.24) is 4.31 Å². The highest BCUT2D eigenvalue weighted by atomic mass is 35.5. The first-order chi connectivity index (χ1) is 9.95. The Morgan fingerprint density at radius 2 is 1.86 bits per heavy atom. The third-order valence-electron chi connectivity index (χ3n) is 4.46. The van der Waals surface area contributed by atoms with E-state index < -0.39 is 10.0 Å². The van der Waals surface area contributed by atoms with Crippen LogP contribution in [0.4, 0.5) is 0 Å². The molecule has 1 heterocycles. The second-order valence-electron chi connectivity index (χ2n) is 6.04. The second kappa shape index (κ2) is 7.12. The molecule has 3 nitrogen and oxygen atoms in total. The summed E-state index contributed by atoms with van der Waals surface area (Å²) in [6.07, 6.45) is 2.74. The third kappa shape index (κ3) is 3.99. The van der Waals surface area contributed by atoms with Crippen LogP contribution in [0.15, 0.2) is 29.2 Å². The van der Waals surface area contributed by atoms with Gasteiger partial charge in [0.05, 0.1) is 4.90 Å². The van der Waals surface area contributed by atoms with Gasteiger partial charge in [0, 0.05) is 19.0 Å². The van der Waals surface area contributed by atoms with Crippen LogP contribution in [-0.2, 0) is 16.4 Å². The Labute approximate surface area is 133 Å². The molecule has 5 heteroatoms. The summed E-state index contributed by atoms with van der Waals surface area (Å²) >= 11 is 5.68. The number of alkyl halides is 1. The van der Waals surface area contributed by atoms with Crippen LogP contribution < -0.4 is 0 Å². The van der Waals surface area contributed by atoms with Gasteiger partial charge in [0.25, 0.3) is 0 Å². The Hall–Kier alpha value is -0.580. The van der Waals surface area contributed by atoms with E-state index in [1.54, 1.807) is 16.4 Å². The number of aryl methyl sites for hydroxylation is 1. The zero-order chi connectivity index (χ0) is 15.5. The van der Waals surface area contributed by atoms with Crippen molar-refractivity contribution in [2.24, 2.45) is 11.8 Å². The standard InChI is InChI=1S/C16H24ClNO2S/c1-13-9-11-18(12-14(13)2)21(19,20)16-7-5-15(6-8-16)4-3-10-17/h5-8,13-14H,3-4,9-12H2,1-2H3. The predicted molar refractivity (Wildman–Crippen MR) is 87.2 cm³/mol. The first-order valence-corrected chi connectivity index (χ1v) is 9.57. The minimum absolute atomic E-state index is 0.402. The van der Waals surface area contributed by atoms with Gasteiger partial charge in [-0.3, -0.25) is 0 Å². The van der Waals surface area contributed by atoms with E-state index in [4.69, 9.17) is 11.6 Å². The molecule has 0 N–H and O–H groups in total. The first kappa shape index (κ1) is 16.8. The van der Waals surface area contributed by atoms with Crippen molar-refractivity contribution in [3.8, 4) is 0 Å². The van der Waals surface area contributed by atoms with Crippen molar-refractivity contribution in [1.29, 1.82) is 0 Å². The summed E-state index contributed by atoms with van der Waals surface area (Å²) in [5.74, 6) is 1.63. The Kier molecular flexibility index (Phi) is 5.69. The fourth-order valence-electron chi connectivity index (χ4n) is 2.69. The zero-order valence-corrected chi connectivity index (χ0v) is 14.3. The molecule has 1 aliphatic heterocycles. The topological polar surface area (TPSA) is 37.4 Å². The normalized spacial score (nSPS) is 24.1. The molecule has 0 radical (unpaired) electrons. The van der Waals surface area contributed by atoms with Crippen LogP contribution in [-0.4, -0.2) is 31.7 Å². The lowest BCUT2D eigenvalue weighted by Gasteiger charge is -2.34. The van der Waals surface area contributed by atoms with Gasteiger partial charge in [0.2, 0.25) is 10.0 Å². The van der Waals surface area contributed by atoms with Crippen LogP contribution in [0.25, 0.3) is 0 Å². The van der Waals surface area contributed by atoms with E-state index in [0.29, 0.717) is 35.7 Å². The van der Waals surface area contributed by atoms with Gasteiger partial charge < -0.3 is 0 Å². The first-order valence-electron chi connectivity index (χ1n) is 7.60. The summed E-state index contributed by atoms with van der Waals surface area (Å²) in [6, 6.07) is 7.24. The van der Waals surface area contributed by atoms with Gasteiger partial charge in [-0.15, -0.1) is 11.6 Å². The minimum Gasteiger partial charge on any atom is -0.207 e. The van der Waals surface area contributed by atoms with Gasteiger partial charge in [0.15, 0.2) is 0 Å². The maximum atomic E-state index is 12.7. The molecule has 118 valence electrons. The zero-order valence-electron chi connectivity index (χ0n) is 12.8. The Morgan fingerprint density at radius 1 is 1.19 bits per heavy atom. The number of rotatable bonds is 5. The van der Waals surface area contributed by atoms with Crippen LogP contribution in [0.5, 0.6) is 0 Å². The van der Waals surface area contributed by atoms with Gasteiger partial charge in [-0.2, -0.15) is 4.31 Å². The van der Waals surface area contributed by atoms with Gasteiger partial charge in [-0.1, -0.05) is 26.0 Å².